The molecule has 1 heterocycles. The molecule has 0 atom stereocenters. The number of methoxy groups -OCH3 is 1. The van der Waals surface area contributed by atoms with Gasteiger partial charge in [-0.25, -0.2) is 9.13 Å². The van der Waals surface area contributed by atoms with Crippen LogP contribution in [0.5, 0.6) is 5.75 Å². The molecule has 0 unspecified atom stereocenters. The van der Waals surface area contributed by atoms with Gasteiger partial charge in [0.1, 0.15) is 24.2 Å². The summed E-state index contributed by atoms with van der Waals surface area (Å²) in [5.41, 5.74) is 11.2. The minimum atomic E-state index is -0.00840. The molecule has 2 N–H and O–H groups in total. The number of Topliss-reactive ketones (excluding diaryl/α,β-unsaturated/α-hetero) is 1. The molecule has 0 amide bonds. The number of ether oxygens (including phenoxy) is 1. The number of carbonyl (C=O) groups is 1. The summed E-state index contributed by atoms with van der Waals surface area (Å²) in [5.74, 6) is 1.24. The molecule has 3 aromatic carbocycles. The Morgan fingerprint density at radius 3 is 2.13 bits per heavy atom. The molecule has 150 valence electrons. The molecule has 0 fully saturated rings. The fourth-order valence-corrected chi connectivity index (χ4v) is 3.50. The van der Waals surface area contributed by atoms with Crippen LogP contribution in [0.3, 0.4) is 0 Å². The zero-order chi connectivity index (χ0) is 21.1. The predicted molar refractivity (Wildman–Crippen MR) is 118 cm³/mol. The summed E-state index contributed by atoms with van der Waals surface area (Å²) in [5, 5.41) is 0. The Hall–Kier alpha value is -3.86. The molecule has 1 aromatic heterocycles. The summed E-state index contributed by atoms with van der Waals surface area (Å²) in [7, 11) is 3.51. The predicted octanol–water partition coefficient (Wildman–Crippen LogP) is 4.12. The first-order valence-electron chi connectivity index (χ1n) is 9.74. The van der Waals surface area contributed by atoms with Gasteiger partial charge in [0.05, 0.1) is 14.2 Å². The van der Waals surface area contributed by atoms with Crippen LogP contribution in [-0.2, 0) is 13.6 Å². The highest BCUT2D eigenvalue weighted by molar-refractivity contribution is 5.95. The normalized spacial score (nSPS) is 10.7. The van der Waals surface area contributed by atoms with E-state index in [0.29, 0.717) is 11.5 Å². The lowest BCUT2D eigenvalue weighted by Crippen LogP contribution is -2.39. The molecule has 0 saturated carbocycles. The van der Waals surface area contributed by atoms with E-state index < -0.39 is 0 Å². The smallest absolute Gasteiger partial charge is 0.355 e. The van der Waals surface area contributed by atoms with Gasteiger partial charge in [0, 0.05) is 11.1 Å². The van der Waals surface area contributed by atoms with Crippen LogP contribution < -0.4 is 15.0 Å². The SMILES string of the molecule is COc1ccc(C(=O)C[n+]2cc(-c3ccc(-c4ccccc4)cc3)n(C)c2N)cc1. The molecule has 30 heavy (non-hydrogen) atoms. The first kappa shape index (κ1) is 19.5. The second-order valence-electron chi connectivity index (χ2n) is 7.15. The van der Waals surface area contributed by atoms with Crippen molar-refractivity contribution in [3.63, 3.8) is 0 Å². The van der Waals surface area contributed by atoms with Crippen molar-refractivity contribution in [3.8, 4) is 28.1 Å². The average molecular weight is 398 g/mol. The van der Waals surface area contributed by atoms with Crippen LogP contribution in [0.2, 0.25) is 0 Å². The summed E-state index contributed by atoms with van der Waals surface area (Å²) in [6.07, 6.45) is 1.92. The summed E-state index contributed by atoms with van der Waals surface area (Å²) >= 11 is 0. The number of hydrogen-bond donors (Lipinski definition) is 1. The minimum Gasteiger partial charge on any atom is -0.497 e. The third-order valence-corrected chi connectivity index (χ3v) is 5.29. The Balaban J connectivity index is 1.57. The molecule has 5 heteroatoms. The van der Waals surface area contributed by atoms with Crippen molar-refractivity contribution in [1.29, 1.82) is 0 Å². The number of imidazole rings is 1. The third-order valence-electron chi connectivity index (χ3n) is 5.29. The van der Waals surface area contributed by atoms with Gasteiger partial charge in [-0.05, 0) is 35.4 Å². The van der Waals surface area contributed by atoms with Gasteiger partial charge < -0.3 is 4.74 Å². The number of benzene rings is 3. The Kier molecular flexibility index (Phi) is 5.35. The van der Waals surface area contributed by atoms with E-state index in [4.69, 9.17) is 10.5 Å². The van der Waals surface area contributed by atoms with Crippen molar-refractivity contribution in [2.45, 2.75) is 6.54 Å². The van der Waals surface area contributed by atoms with Gasteiger partial charge in [0.2, 0.25) is 0 Å². The van der Waals surface area contributed by atoms with E-state index in [1.54, 1.807) is 35.9 Å². The van der Waals surface area contributed by atoms with Gasteiger partial charge in [0.25, 0.3) is 0 Å². The molecule has 0 aliphatic rings. The van der Waals surface area contributed by atoms with Gasteiger partial charge in [-0.3, -0.25) is 10.5 Å². The van der Waals surface area contributed by atoms with Crippen molar-refractivity contribution in [3.05, 3.63) is 90.6 Å². The van der Waals surface area contributed by atoms with Crippen molar-refractivity contribution in [2.75, 3.05) is 12.8 Å². The lowest BCUT2D eigenvalue weighted by atomic mass is 10.0. The molecule has 0 aliphatic heterocycles. The van der Waals surface area contributed by atoms with E-state index in [9.17, 15) is 4.79 Å². The average Bonchev–Trinajstić information content (AvgIpc) is 3.08. The Morgan fingerprint density at radius 2 is 1.50 bits per heavy atom. The highest BCUT2D eigenvalue weighted by atomic mass is 16.5. The van der Waals surface area contributed by atoms with Crippen LogP contribution in [0, 0.1) is 0 Å². The van der Waals surface area contributed by atoms with Crippen LogP contribution in [0.4, 0.5) is 5.95 Å². The fraction of sp³-hybridized carbons (Fsp3) is 0.120. The monoisotopic (exact) mass is 398 g/mol. The maximum absolute atomic E-state index is 12.7. The standard InChI is InChI=1S/C25H23N3O2/c1-27-23(20-10-8-19(9-11-20)18-6-4-3-5-7-18)16-28(25(27)26)17-24(29)21-12-14-22(30-2)15-13-21/h3-16,26H,17H2,1-2H3/p+1. The van der Waals surface area contributed by atoms with E-state index in [0.717, 1.165) is 22.6 Å². The van der Waals surface area contributed by atoms with Gasteiger partial charge in [-0.1, -0.05) is 54.6 Å². The van der Waals surface area contributed by atoms with Crippen LogP contribution >= 0.6 is 0 Å². The third kappa shape index (κ3) is 3.82. The number of rotatable bonds is 6. The number of nitrogens with zero attached hydrogens (tertiary/aromatic N) is 2. The summed E-state index contributed by atoms with van der Waals surface area (Å²) in [4.78, 5) is 12.7. The highest BCUT2D eigenvalue weighted by Crippen LogP contribution is 2.25. The first-order valence-corrected chi connectivity index (χ1v) is 9.74. The molecule has 4 rings (SSSR count). The number of ketones is 1. The molecular formula is C25H24N3O2+. The molecular weight excluding hydrogens is 374 g/mol. The van der Waals surface area contributed by atoms with Crippen LogP contribution in [0.25, 0.3) is 22.4 Å². The van der Waals surface area contributed by atoms with E-state index in [2.05, 4.69) is 36.4 Å². The van der Waals surface area contributed by atoms with E-state index in [-0.39, 0.29) is 12.3 Å². The summed E-state index contributed by atoms with van der Waals surface area (Å²) in [6.45, 7) is 0.175. The topological polar surface area (TPSA) is 61.1 Å². The number of anilines is 1. The quantitative estimate of drug-likeness (QED) is 0.393. The van der Waals surface area contributed by atoms with Crippen molar-refractivity contribution in [2.24, 2.45) is 7.05 Å². The molecule has 4 aromatic rings. The van der Waals surface area contributed by atoms with Crippen molar-refractivity contribution in [1.82, 2.24) is 4.57 Å². The maximum Gasteiger partial charge on any atom is 0.355 e. The van der Waals surface area contributed by atoms with Gasteiger partial charge >= 0.3 is 5.95 Å². The fourth-order valence-electron chi connectivity index (χ4n) is 3.50. The summed E-state index contributed by atoms with van der Waals surface area (Å²) in [6, 6.07) is 25.7. The number of aromatic nitrogens is 2. The second kappa shape index (κ2) is 8.25. The minimum absolute atomic E-state index is 0.00840. The maximum atomic E-state index is 12.7. The summed E-state index contributed by atoms with van der Waals surface area (Å²) < 4.78 is 8.84. The molecule has 0 spiro atoms. The molecule has 0 saturated heterocycles. The zero-order valence-electron chi connectivity index (χ0n) is 17.1. The number of hydrogen-bond acceptors (Lipinski definition) is 3. The van der Waals surface area contributed by atoms with E-state index in [1.165, 1.54) is 5.56 Å². The van der Waals surface area contributed by atoms with Gasteiger partial charge in [-0.15, -0.1) is 0 Å². The van der Waals surface area contributed by atoms with Gasteiger partial charge in [-0.2, -0.15) is 0 Å². The Bertz CT molecular complexity index is 1160. The zero-order valence-corrected chi connectivity index (χ0v) is 17.1. The van der Waals surface area contributed by atoms with E-state index >= 15 is 0 Å². The Labute approximate surface area is 176 Å². The number of carbonyl (C=O) groups excluding carboxylic acids is 1. The van der Waals surface area contributed by atoms with Crippen molar-refractivity contribution < 1.29 is 14.1 Å². The number of nitrogen functional groups attached to an aromatic ring is 1. The van der Waals surface area contributed by atoms with E-state index in [1.807, 2.05) is 36.0 Å². The number of nitrogens with two attached hydrogens (primary N) is 1. The lowest BCUT2D eigenvalue weighted by Gasteiger charge is -2.03. The molecule has 0 radical (unpaired) electrons. The largest absolute Gasteiger partial charge is 0.497 e. The van der Waals surface area contributed by atoms with Crippen LogP contribution in [-0.4, -0.2) is 17.5 Å². The van der Waals surface area contributed by atoms with Crippen LogP contribution in [0.15, 0.2) is 85.1 Å². The lowest BCUT2D eigenvalue weighted by molar-refractivity contribution is -0.667. The molecule has 5 nitrogen and oxygen atoms in total. The highest BCUT2D eigenvalue weighted by Gasteiger charge is 2.20. The first-order chi connectivity index (χ1) is 14.6. The molecule has 0 aliphatic carbocycles. The second-order valence-corrected chi connectivity index (χ2v) is 7.15. The van der Waals surface area contributed by atoms with Crippen LogP contribution in [0.1, 0.15) is 10.4 Å². The van der Waals surface area contributed by atoms with Gasteiger partial charge in [0.15, 0.2) is 5.78 Å². The molecule has 0 bridgehead atoms. The Morgan fingerprint density at radius 1 is 0.900 bits per heavy atom. The van der Waals surface area contributed by atoms with Crippen molar-refractivity contribution >= 4 is 11.7 Å².